The van der Waals surface area contributed by atoms with E-state index < -0.39 is 5.54 Å². The van der Waals surface area contributed by atoms with Crippen molar-refractivity contribution in [2.45, 2.75) is 51.1 Å². The topological polar surface area (TPSA) is 90.5 Å². The summed E-state index contributed by atoms with van der Waals surface area (Å²) in [7, 11) is 0. The van der Waals surface area contributed by atoms with Crippen LogP contribution in [0.1, 0.15) is 44.6 Å². The van der Waals surface area contributed by atoms with Crippen LogP contribution in [0.15, 0.2) is 24.3 Å². The lowest BCUT2D eigenvalue weighted by molar-refractivity contribution is -0.131. The molecule has 1 aromatic carbocycles. The Balaban J connectivity index is 0.00000261. The van der Waals surface area contributed by atoms with Crippen molar-refractivity contribution >= 4 is 35.9 Å². The van der Waals surface area contributed by atoms with Crippen molar-refractivity contribution in [1.82, 2.24) is 15.5 Å². The number of carbonyl (C=O) groups is 3. The minimum absolute atomic E-state index is 0. The fraction of sp³-hybridized carbons (Fsp3) is 0.526. The third kappa shape index (κ3) is 4.78. The van der Waals surface area contributed by atoms with Gasteiger partial charge in [-0.2, -0.15) is 0 Å². The van der Waals surface area contributed by atoms with Crippen molar-refractivity contribution in [2.75, 3.05) is 18.4 Å². The van der Waals surface area contributed by atoms with E-state index in [2.05, 4.69) is 16.0 Å². The lowest BCUT2D eigenvalue weighted by atomic mass is 9.98. The number of imide groups is 1. The molecule has 0 unspecified atom stereocenters. The van der Waals surface area contributed by atoms with Gasteiger partial charge in [0.25, 0.3) is 5.91 Å². The zero-order chi connectivity index (χ0) is 18.6. The summed E-state index contributed by atoms with van der Waals surface area (Å²) in [5, 5.41) is 8.90. The highest BCUT2D eigenvalue weighted by molar-refractivity contribution is 6.07. The van der Waals surface area contributed by atoms with Crippen LogP contribution in [-0.4, -0.2) is 41.4 Å². The lowest BCUT2D eigenvalue weighted by Crippen LogP contribution is -2.44. The van der Waals surface area contributed by atoms with Gasteiger partial charge in [-0.05, 0) is 37.1 Å². The van der Waals surface area contributed by atoms with Crippen LogP contribution in [0.3, 0.4) is 0 Å². The molecule has 0 radical (unpaired) electrons. The van der Waals surface area contributed by atoms with Gasteiger partial charge in [0.1, 0.15) is 5.54 Å². The van der Waals surface area contributed by atoms with Crippen LogP contribution in [0.5, 0.6) is 0 Å². The Kier molecular flexibility index (Phi) is 7.21. The summed E-state index contributed by atoms with van der Waals surface area (Å²) in [5.74, 6) is -0.390. The fourth-order valence-electron chi connectivity index (χ4n) is 3.66. The largest absolute Gasteiger partial charge is 0.326 e. The van der Waals surface area contributed by atoms with Crippen LogP contribution in [-0.2, 0) is 16.1 Å². The van der Waals surface area contributed by atoms with Crippen molar-refractivity contribution in [1.29, 1.82) is 0 Å². The van der Waals surface area contributed by atoms with Gasteiger partial charge < -0.3 is 16.0 Å². The van der Waals surface area contributed by atoms with Crippen LogP contribution in [0.4, 0.5) is 10.5 Å². The van der Waals surface area contributed by atoms with Crippen LogP contribution >= 0.6 is 12.4 Å². The maximum absolute atomic E-state index is 12.6. The van der Waals surface area contributed by atoms with Gasteiger partial charge in [-0.1, -0.05) is 31.9 Å². The fourth-order valence-corrected chi connectivity index (χ4v) is 3.66. The Bertz CT molecular complexity index is 704. The molecular formula is C19H27ClN4O3. The first kappa shape index (κ1) is 21.2. The second-order valence-corrected chi connectivity index (χ2v) is 6.96. The molecule has 0 aromatic heterocycles. The van der Waals surface area contributed by atoms with Gasteiger partial charge in [-0.3, -0.25) is 14.5 Å². The van der Waals surface area contributed by atoms with Crippen molar-refractivity contribution in [3.05, 3.63) is 29.8 Å². The molecule has 2 aliphatic rings. The molecule has 7 nitrogen and oxygen atoms in total. The second kappa shape index (κ2) is 9.19. The molecule has 1 aliphatic heterocycles. The normalized spacial score (nSPS) is 17.7. The van der Waals surface area contributed by atoms with E-state index in [-0.39, 0.29) is 43.2 Å². The molecule has 3 rings (SSSR count). The zero-order valence-electron chi connectivity index (χ0n) is 15.5. The Labute approximate surface area is 165 Å². The molecule has 8 heteroatoms. The number of amides is 4. The Morgan fingerprint density at radius 1 is 1.26 bits per heavy atom. The summed E-state index contributed by atoms with van der Waals surface area (Å²) >= 11 is 0. The number of hydrogen-bond donors (Lipinski definition) is 3. The summed E-state index contributed by atoms with van der Waals surface area (Å²) in [5.41, 5.74) is 1.09. The average Bonchev–Trinajstić information content (AvgIpc) is 3.18. The average molecular weight is 395 g/mol. The van der Waals surface area contributed by atoms with Crippen LogP contribution in [0.25, 0.3) is 0 Å². The predicted octanol–water partition coefficient (Wildman–Crippen LogP) is 2.41. The first-order chi connectivity index (χ1) is 12.5. The van der Waals surface area contributed by atoms with Crippen molar-refractivity contribution in [3.63, 3.8) is 0 Å². The number of anilines is 1. The molecule has 0 bridgehead atoms. The standard InChI is InChI=1S/C19H26N4O3.ClH/c1-2-20-13-14-6-5-7-15(12-14)21-16(24)8-11-23-17(25)19(22-18(23)26)9-3-4-10-19;/h5-7,12,20H,2-4,8-11,13H2,1H3,(H,21,24)(H,22,26);1H. The highest BCUT2D eigenvalue weighted by Gasteiger charge is 2.52. The third-order valence-corrected chi connectivity index (χ3v) is 5.06. The molecule has 27 heavy (non-hydrogen) atoms. The number of rotatable bonds is 7. The maximum atomic E-state index is 12.6. The smallest absolute Gasteiger partial charge is 0.325 e. The molecule has 4 amide bonds. The van der Waals surface area contributed by atoms with Gasteiger partial charge >= 0.3 is 6.03 Å². The molecule has 1 saturated carbocycles. The van der Waals surface area contributed by atoms with E-state index in [9.17, 15) is 14.4 Å². The second-order valence-electron chi connectivity index (χ2n) is 6.96. The van der Waals surface area contributed by atoms with Gasteiger partial charge in [0.2, 0.25) is 5.91 Å². The van der Waals surface area contributed by atoms with Crippen molar-refractivity contribution in [2.24, 2.45) is 0 Å². The Hall–Kier alpha value is -2.12. The molecule has 2 fully saturated rings. The van der Waals surface area contributed by atoms with E-state index in [1.165, 1.54) is 4.90 Å². The van der Waals surface area contributed by atoms with Gasteiger partial charge in [0.05, 0.1) is 0 Å². The summed E-state index contributed by atoms with van der Waals surface area (Å²) in [6.45, 7) is 3.77. The predicted molar refractivity (Wildman–Crippen MR) is 106 cm³/mol. The minimum atomic E-state index is -0.714. The summed E-state index contributed by atoms with van der Waals surface area (Å²) in [6.07, 6.45) is 3.37. The number of hydrogen-bond acceptors (Lipinski definition) is 4. The summed E-state index contributed by atoms with van der Waals surface area (Å²) in [6, 6.07) is 7.25. The highest BCUT2D eigenvalue weighted by atomic mass is 35.5. The minimum Gasteiger partial charge on any atom is -0.326 e. The molecule has 3 N–H and O–H groups in total. The number of nitrogens with zero attached hydrogens (tertiary/aromatic N) is 1. The first-order valence-corrected chi connectivity index (χ1v) is 9.28. The molecule has 1 saturated heterocycles. The van der Waals surface area contributed by atoms with E-state index in [4.69, 9.17) is 0 Å². The molecule has 1 aromatic rings. The van der Waals surface area contributed by atoms with Gasteiger partial charge in [-0.25, -0.2) is 4.79 Å². The Morgan fingerprint density at radius 2 is 2.00 bits per heavy atom. The Morgan fingerprint density at radius 3 is 2.70 bits per heavy atom. The molecule has 1 aliphatic carbocycles. The molecule has 0 atom stereocenters. The molecule has 148 valence electrons. The van der Waals surface area contributed by atoms with E-state index in [1.807, 2.05) is 31.2 Å². The van der Waals surface area contributed by atoms with E-state index in [1.54, 1.807) is 0 Å². The van der Waals surface area contributed by atoms with Gasteiger partial charge in [0.15, 0.2) is 0 Å². The number of urea groups is 1. The first-order valence-electron chi connectivity index (χ1n) is 9.28. The van der Waals surface area contributed by atoms with E-state index in [0.717, 1.165) is 37.2 Å². The van der Waals surface area contributed by atoms with E-state index >= 15 is 0 Å². The lowest BCUT2D eigenvalue weighted by Gasteiger charge is -2.19. The summed E-state index contributed by atoms with van der Waals surface area (Å²) < 4.78 is 0. The number of benzene rings is 1. The molecule has 1 spiro atoms. The summed E-state index contributed by atoms with van der Waals surface area (Å²) in [4.78, 5) is 38.1. The third-order valence-electron chi connectivity index (χ3n) is 5.06. The van der Waals surface area contributed by atoms with E-state index in [0.29, 0.717) is 12.8 Å². The van der Waals surface area contributed by atoms with Crippen LogP contribution < -0.4 is 16.0 Å². The molecular weight excluding hydrogens is 368 g/mol. The number of halogens is 1. The van der Waals surface area contributed by atoms with Crippen LogP contribution in [0, 0.1) is 0 Å². The quantitative estimate of drug-likeness (QED) is 0.619. The monoisotopic (exact) mass is 394 g/mol. The highest BCUT2D eigenvalue weighted by Crippen LogP contribution is 2.35. The van der Waals surface area contributed by atoms with Crippen molar-refractivity contribution < 1.29 is 14.4 Å². The van der Waals surface area contributed by atoms with Crippen LogP contribution in [0.2, 0.25) is 0 Å². The molecule has 1 heterocycles. The SMILES string of the molecule is CCNCc1cccc(NC(=O)CCN2C(=O)NC3(CCCC3)C2=O)c1.Cl. The number of carbonyl (C=O) groups excluding carboxylic acids is 3. The maximum Gasteiger partial charge on any atom is 0.325 e. The van der Waals surface area contributed by atoms with Gasteiger partial charge in [0, 0.05) is 25.2 Å². The number of nitrogens with one attached hydrogen (secondary N) is 3. The van der Waals surface area contributed by atoms with Crippen molar-refractivity contribution in [3.8, 4) is 0 Å². The zero-order valence-corrected chi connectivity index (χ0v) is 16.4. The van der Waals surface area contributed by atoms with Gasteiger partial charge in [-0.15, -0.1) is 12.4 Å².